The molecule has 202 valence electrons. The third kappa shape index (κ3) is 6.17. The quantitative estimate of drug-likeness (QED) is 0.308. The Morgan fingerprint density at radius 1 is 1.16 bits per heavy atom. The van der Waals surface area contributed by atoms with Crippen LogP contribution in [0.15, 0.2) is 48.8 Å². The molecule has 5 N–H and O–H groups in total. The number of carbonyl (C=O) groups is 1. The van der Waals surface area contributed by atoms with E-state index in [2.05, 4.69) is 15.3 Å². The molecular weight excluding hydrogens is 495 g/mol. The van der Waals surface area contributed by atoms with E-state index in [0.717, 1.165) is 54.9 Å². The molecule has 0 saturated carbocycles. The lowest BCUT2D eigenvalue weighted by atomic mass is 10.1. The Morgan fingerprint density at radius 2 is 1.87 bits per heavy atom. The van der Waals surface area contributed by atoms with Gasteiger partial charge in [-0.05, 0) is 81.2 Å². The molecule has 0 unspecified atom stereocenters. The summed E-state index contributed by atoms with van der Waals surface area (Å²) in [6, 6.07) is 8.58. The van der Waals surface area contributed by atoms with Crippen LogP contribution < -0.4 is 21.9 Å². The zero-order valence-corrected chi connectivity index (χ0v) is 21.6. The number of benzene rings is 2. The molecule has 0 radical (unpaired) electrons. The first kappa shape index (κ1) is 27.2. The fraction of sp³-hybridized carbons (Fsp3) is 0.333. The number of amides is 1. The molecule has 8 nitrogen and oxygen atoms in total. The van der Waals surface area contributed by atoms with Crippen LogP contribution in [0, 0.1) is 13.8 Å². The zero-order chi connectivity index (χ0) is 27.6. The predicted octanol–water partition coefficient (Wildman–Crippen LogP) is 4.54. The molecule has 11 heteroatoms. The molecule has 2 aromatic carbocycles. The zero-order valence-electron chi connectivity index (χ0n) is 21.6. The second-order valence-electron chi connectivity index (χ2n) is 9.61. The molecule has 1 aliphatic heterocycles. The monoisotopic (exact) mass is 527 g/mol. The third-order valence-corrected chi connectivity index (χ3v) is 6.76. The van der Waals surface area contributed by atoms with Crippen molar-refractivity contribution in [1.82, 2.24) is 14.7 Å². The number of likely N-dealkylation sites (tertiary alicyclic amines) is 1. The second-order valence-corrected chi connectivity index (χ2v) is 9.61. The topological polar surface area (TPSA) is 105 Å². The normalized spacial score (nSPS) is 14.7. The molecule has 38 heavy (non-hydrogen) atoms. The Labute approximate surface area is 219 Å². The molecule has 2 heterocycles. The maximum Gasteiger partial charge on any atom is 0.416 e. The molecule has 0 atom stereocenters. The molecule has 4 rings (SSSR count). The van der Waals surface area contributed by atoms with E-state index in [-0.39, 0.29) is 11.3 Å². The van der Waals surface area contributed by atoms with Gasteiger partial charge in [-0.25, -0.2) is 5.84 Å². The number of alkyl halides is 3. The molecule has 1 saturated heterocycles. The highest BCUT2D eigenvalue weighted by atomic mass is 19.4. The lowest BCUT2D eigenvalue weighted by Gasteiger charge is -2.19. The van der Waals surface area contributed by atoms with Crippen molar-refractivity contribution in [3.63, 3.8) is 0 Å². The van der Waals surface area contributed by atoms with Crippen molar-refractivity contribution in [2.24, 2.45) is 18.6 Å². The summed E-state index contributed by atoms with van der Waals surface area (Å²) < 4.78 is 42.5. The molecule has 0 bridgehead atoms. The number of hydrogen-bond donors (Lipinski definition) is 3. The van der Waals surface area contributed by atoms with Crippen molar-refractivity contribution in [3.05, 3.63) is 82.3 Å². The minimum atomic E-state index is -4.53. The van der Waals surface area contributed by atoms with Crippen LogP contribution in [-0.2, 0) is 19.8 Å². The summed E-state index contributed by atoms with van der Waals surface area (Å²) in [4.78, 5) is 15.2. The Bertz CT molecular complexity index is 1360. The smallest absolute Gasteiger partial charge is 0.397 e. The molecule has 3 aromatic rings. The van der Waals surface area contributed by atoms with E-state index in [1.807, 2.05) is 13.8 Å². The Kier molecular flexibility index (Phi) is 7.79. The number of anilines is 2. The number of hydrogen-bond acceptors (Lipinski definition) is 6. The number of carbonyl (C=O) groups excluding carboxylic acids is 1. The summed E-state index contributed by atoms with van der Waals surface area (Å²) in [5, 5.41) is 8.12. The van der Waals surface area contributed by atoms with Gasteiger partial charge in [0.1, 0.15) is 0 Å². The maximum absolute atomic E-state index is 13.6. The average Bonchev–Trinajstić information content (AvgIpc) is 3.48. The van der Waals surface area contributed by atoms with E-state index in [1.54, 1.807) is 42.2 Å². The number of nitrogens with two attached hydrogens (primary N) is 2. The van der Waals surface area contributed by atoms with Gasteiger partial charge in [0.05, 0.1) is 23.1 Å². The number of hydrazine groups is 1. The van der Waals surface area contributed by atoms with Gasteiger partial charge in [0.2, 0.25) is 0 Å². The molecule has 0 aliphatic carbocycles. The molecule has 0 spiro atoms. The summed E-state index contributed by atoms with van der Waals surface area (Å²) in [7, 11) is 1.80. The van der Waals surface area contributed by atoms with Gasteiger partial charge in [-0.1, -0.05) is 6.07 Å². The maximum atomic E-state index is 13.6. The van der Waals surface area contributed by atoms with E-state index in [0.29, 0.717) is 23.5 Å². The summed E-state index contributed by atoms with van der Waals surface area (Å²) in [5.74, 6) is 5.72. The summed E-state index contributed by atoms with van der Waals surface area (Å²) in [6.07, 6.45) is 0.693. The highest BCUT2D eigenvalue weighted by Crippen LogP contribution is 2.33. The van der Waals surface area contributed by atoms with Crippen LogP contribution in [-0.4, -0.2) is 33.7 Å². The van der Waals surface area contributed by atoms with Crippen LogP contribution in [0.3, 0.4) is 0 Å². The van der Waals surface area contributed by atoms with Crippen LogP contribution in [0.2, 0.25) is 0 Å². The van der Waals surface area contributed by atoms with E-state index in [4.69, 9.17) is 11.6 Å². The lowest BCUT2D eigenvalue weighted by Crippen LogP contribution is -2.27. The van der Waals surface area contributed by atoms with Crippen molar-refractivity contribution in [3.8, 4) is 0 Å². The Hall–Kier alpha value is -3.83. The number of halogens is 3. The van der Waals surface area contributed by atoms with Gasteiger partial charge in [0, 0.05) is 42.3 Å². The highest BCUT2D eigenvalue weighted by molar-refractivity contribution is 6.05. The Balaban J connectivity index is 1.57. The van der Waals surface area contributed by atoms with Gasteiger partial charge in [-0.15, -0.1) is 0 Å². The minimum Gasteiger partial charge on any atom is -0.397 e. The molecule has 1 amide bonds. The summed E-state index contributed by atoms with van der Waals surface area (Å²) in [5.41, 5.74) is 9.53. The average molecular weight is 528 g/mol. The molecule has 1 aliphatic rings. The predicted molar refractivity (Wildman–Crippen MR) is 142 cm³/mol. The van der Waals surface area contributed by atoms with Crippen molar-refractivity contribution < 1.29 is 18.0 Å². The van der Waals surface area contributed by atoms with Crippen LogP contribution in [0.25, 0.3) is 5.70 Å². The van der Waals surface area contributed by atoms with Gasteiger partial charge in [0.15, 0.2) is 0 Å². The second kappa shape index (κ2) is 10.9. The summed E-state index contributed by atoms with van der Waals surface area (Å²) in [6.45, 7) is 5.80. The molecule has 1 fully saturated rings. The van der Waals surface area contributed by atoms with Gasteiger partial charge in [-0.3, -0.25) is 19.4 Å². The standard InChI is InChI=1S/C27H32F3N7O/c1-17-6-7-20(12-25(17)37(32)16-24(31)23-14-33-35(3)18(23)2)26(38)34-22-11-19(15-36-8-4-5-9-36)10-21(13-22)27(28,29)30/h6-7,10-14,16H,4-5,8-9,15,31-32H2,1-3H3,(H,34,38)/b24-16-. The number of nitrogens with one attached hydrogen (secondary N) is 1. The van der Waals surface area contributed by atoms with Crippen molar-refractivity contribution in [1.29, 1.82) is 0 Å². The fourth-order valence-electron chi connectivity index (χ4n) is 4.52. The SMILES string of the molecule is Cc1ccc(C(=O)Nc2cc(CN3CCCC3)cc(C(F)(F)F)c2)cc1N(N)/C=C(\N)c1cnn(C)c1C. The number of aryl methyl sites for hydroxylation is 2. The van der Waals surface area contributed by atoms with Crippen molar-refractivity contribution in [2.45, 2.75) is 39.4 Å². The largest absolute Gasteiger partial charge is 0.416 e. The fourth-order valence-corrected chi connectivity index (χ4v) is 4.52. The Morgan fingerprint density at radius 3 is 2.50 bits per heavy atom. The van der Waals surface area contributed by atoms with Gasteiger partial charge in [-0.2, -0.15) is 18.3 Å². The van der Waals surface area contributed by atoms with Crippen LogP contribution in [0.5, 0.6) is 0 Å². The first-order chi connectivity index (χ1) is 17.9. The third-order valence-electron chi connectivity index (χ3n) is 6.76. The highest BCUT2D eigenvalue weighted by Gasteiger charge is 2.31. The van der Waals surface area contributed by atoms with E-state index in [9.17, 15) is 18.0 Å². The minimum absolute atomic E-state index is 0.0851. The molecule has 1 aromatic heterocycles. The van der Waals surface area contributed by atoms with Gasteiger partial charge < -0.3 is 11.1 Å². The van der Waals surface area contributed by atoms with Crippen molar-refractivity contribution >= 4 is 23.0 Å². The van der Waals surface area contributed by atoms with Crippen LogP contribution in [0.1, 0.15) is 51.1 Å². The van der Waals surface area contributed by atoms with E-state index < -0.39 is 17.6 Å². The number of nitrogens with zero attached hydrogens (tertiary/aromatic N) is 4. The van der Waals surface area contributed by atoms with Crippen LogP contribution in [0.4, 0.5) is 24.5 Å². The molecular formula is C27H32F3N7O. The summed E-state index contributed by atoms with van der Waals surface area (Å²) >= 11 is 0. The van der Waals surface area contributed by atoms with Crippen molar-refractivity contribution in [2.75, 3.05) is 23.4 Å². The number of rotatable bonds is 7. The number of aromatic nitrogens is 2. The first-order valence-corrected chi connectivity index (χ1v) is 12.3. The lowest BCUT2D eigenvalue weighted by molar-refractivity contribution is -0.137. The van der Waals surface area contributed by atoms with E-state index >= 15 is 0 Å². The van der Waals surface area contributed by atoms with Gasteiger partial charge >= 0.3 is 6.18 Å². The first-order valence-electron chi connectivity index (χ1n) is 12.3. The van der Waals surface area contributed by atoms with Crippen LogP contribution >= 0.6 is 0 Å². The van der Waals surface area contributed by atoms with E-state index in [1.165, 1.54) is 11.2 Å². The van der Waals surface area contributed by atoms with Gasteiger partial charge in [0.25, 0.3) is 5.91 Å².